The number of benzene rings is 1. The molecule has 4 nitrogen and oxygen atoms in total. The van der Waals surface area contributed by atoms with Crippen molar-refractivity contribution >= 4 is 5.95 Å². The van der Waals surface area contributed by atoms with Gasteiger partial charge in [0.2, 0.25) is 5.95 Å². The Morgan fingerprint density at radius 2 is 2.00 bits per heavy atom. The van der Waals surface area contributed by atoms with Gasteiger partial charge in [0.15, 0.2) is 0 Å². The van der Waals surface area contributed by atoms with Crippen molar-refractivity contribution in [2.45, 2.75) is 13.2 Å². The lowest BCUT2D eigenvalue weighted by molar-refractivity contribution is 0.275. The zero-order chi connectivity index (χ0) is 12.1. The molecule has 0 atom stereocenters. The number of rotatable bonds is 4. The molecule has 2 aromatic rings. The average Bonchev–Trinajstić information content (AvgIpc) is 2.39. The summed E-state index contributed by atoms with van der Waals surface area (Å²) in [6.45, 7) is 0.179. The second-order valence-corrected chi connectivity index (χ2v) is 3.51. The predicted molar refractivity (Wildman–Crippen MR) is 61.7 cm³/mol. The minimum Gasteiger partial charge on any atom is -0.392 e. The molecule has 0 saturated heterocycles. The van der Waals surface area contributed by atoms with Gasteiger partial charge in [-0.2, -0.15) is 0 Å². The smallest absolute Gasteiger partial charge is 0.222 e. The Bertz CT molecular complexity index is 490. The molecule has 0 aliphatic carbocycles. The summed E-state index contributed by atoms with van der Waals surface area (Å²) in [5.41, 5.74) is 1.15. The van der Waals surface area contributed by atoms with E-state index in [1.165, 1.54) is 6.07 Å². The molecule has 0 unspecified atom stereocenters. The van der Waals surface area contributed by atoms with Crippen LogP contribution in [0.15, 0.2) is 36.7 Å². The van der Waals surface area contributed by atoms with Crippen LogP contribution in [0.25, 0.3) is 0 Å². The van der Waals surface area contributed by atoms with E-state index in [1.807, 2.05) is 0 Å². The minimum absolute atomic E-state index is 0.290. The van der Waals surface area contributed by atoms with E-state index in [2.05, 4.69) is 15.3 Å². The summed E-state index contributed by atoms with van der Waals surface area (Å²) in [6, 6.07) is 6.34. The molecular formula is C12H12FN3O. The van der Waals surface area contributed by atoms with Crippen molar-refractivity contribution in [3.05, 3.63) is 53.6 Å². The van der Waals surface area contributed by atoms with Gasteiger partial charge in [-0.05, 0) is 23.8 Å². The molecule has 0 aliphatic heterocycles. The summed E-state index contributed by atoms with van der Waals surface area (Å²) < 4.78 is 13.1. The van der Waals surface area contributed by atoms with Crippen LogP contribution >= 0.6 is 0 Å². The van der Waals surface area contributed by atoms with E-state index in [0.717, 1.165) is 5.56 Å². The molecule has 0 saturated carbocycles. The summed E-state index contributed by atoms with van der Waals surface area (Å²) in [4.78, 5) is 8.02. The van der Waals surface area contributed by atoms with Gasteiger partial charge in [0.25, 0.3) is 0 Å². The van der Waals surface area contributed by atoms with Crippen LogP contribution in [-0.4, -0.2) is 15.1 Å². The first-order valence-electron chi connectivity index (χ1n) is 5.18. The quantitative estimate of drug-likeness (QED) is 0.844. The highest BCUT2D eigenvalue weighted by atomic mass is 19.1. The largest absolute Gasteiger partial charge is 0.392 e. The summed E-state index contributed by atoms with van der Waals surface area (Å²) in [5, 5.41) is 11.9. The Labute approximate surface area is 98.2 Å². The topological polar surface area (TPSA) is 58.0 Å². The van der Waals surface area contributed by atoms with Crippen molar-refractivity contribution in [2.24, 2.45) is 0 Å². The molecule has 0 fully saturated rings. The third-order valence-corrected chi connectivity index (χ3v) is 2.30. The molecular weight excluding hydrogens is 221 g/mol. The highest BCUT2D eigenvalue weighted by Gasteiger charge is 2.02. The molecule has 88 valence electrons. The highest BCUT2D eigenvalue weighted by molar-refractivity contribution is 5.29. The zero-order valence-corrected chi connectivity index (χ0v) is 9.10. The maximum Gasteiger partial charge on any atom is 0.222 e. The lowest BCUT2D eigenvalue weighted by Crippen LogP contribution is -2.04. The first-order chi connectivity index (χ1) is 8.29. The standard InChI is InChI=1S/C12H12FN3O/c13-11-3-2-9(6-10(11)8-17)7-16-12-14-4-1-5-15-12/h1-6,17H,7-8H2,(H,14,15,16). The molecule has 0 radical (unpaired) electrons. The summed E-state index contributed by atoms with van der Waals surface area (Å²) >= 11 is 0. The molecule has 5 heteroatoms. The lowest BCUT2D eigenvalue weighted by Gasteiger charge is -2.06. The molecule has 1 heterocycles. The first kappa shape index (κ1) is 11.5. The molecule has 0 spiro atoms. The van der Waals surface area contributed by atoms with Gasteiger partial charge in [0.05, 0.1) is 6.61 Å². The first-order valence-corrected chi connectivity index (χ1v) is 5.18. The fourth-order valence-electron chi connectivity index (χ4n) is 1.43. The van der Waals surface area contributed by atoms with E-state index in [1.54, 1.807) is 30.6 Å². The van der Waals surface area contributed by atoms with Crippen LogP contribution in [0.1, 0.15) is 11.1 Å². The van der Waals surface area contributed by atoms with E-state index in [9.17, 15) is 4.39 Å². The van der Waals surface area contributed by atoms with E-state index in [4.69, 9.17) is 5.11 Å². The summed E-state index contributed by atoms with van der Waals surface area (Å²) in [5.74, 6) is 0.120. The molecule has 0 amide bonds. The maximum absolute atomic E-state index is 13.1. The third kappa shape index (κ3) is 2.98. The fraction of sp³-hybridized carbons (Fsp3) is 0.167. The van der Waals surface area contributed by atoms with Gasteiger partial charge >= 0.3 is 0 Å². The normalized spacial score (nSPS) is 10.2. The Morgan fingerprint density at radius 1 is 1.24 bits per heavy atom. The Balaban J connectivity index is 2.04. The maximum atomic E-state index is 13.1. The van der Waals surface area contributed by atoms with Crippen LogP contribution in [0.4, 0.5) is 10.3 Å². The van der Waals surface area contributed by atoms with Gasteiger partial charge in [0, 0.05) is 24.5 Å². The van der Waals surface area contributed by atoms with Gasteiger partial charge in [0.1, 0.15) is 5.82 Å². The molecule has 1 aromatic carbocycles. The van der Waals surface area contributed by atoms with Crippen LogP contribution in [0.2, 0.25) is 0 Å². The fourth-order valence-corrected chi connectivity index (χ4v) is 1.43. The number of aliphatic hydroxyl groups excluding tert-OH is 1. The number of aromatic nitrogens is 2. The Morgan fingerprint density at radius 3 is 2.71 bits per heavy atom. The van der Waals surface area contributed by atoms with Gasteiger partial charge in [-0.15, -0.1) is 0 Å². The number of hydrogen-bond acceptors (Lipinski definition) is 4. The molecule has 1 aromatic heterocycles. The van der Waals surface area contributed by atoms with Crippen molar-refractivity contribution in [1.82, 2.24) is 9.97 Å². The van der Waals surface area contributed by atoms with Crippen molar-refractivity contribution in [2.75, 3.05) is 5.32 Å². The van der Waals surface area contributed by atoms with E-state index < -0.39 is 5.82 Å². The molecule has 0 aliphatic rings. The SMILES string of the molecule is OCc1cc(CNc2ncccn2)ccc1F. The Kier molecular flexibility index (Phi) is 3.62. The monoisotopic (exact) mass is 233 g/mol. The van der Waals surface area contributed by atoms with Gasteiger partial charge < -0.3 is 10.4 Å². The Hall–Kier alpha value is -2.01. The van der Waals surface area contributed by atoms with E-state index >= 15 is 0 Å². The van der Waals surface area contributed by atoms with Crippen LogP contribution in [-0.2, 0) is 13.2 Å². The molecule has 2 rings (SSSR count). The average molecular weight is 233 g/mol. The van der Waals surface area contributed by atoms with Gasteiger partial charge in [-0.25, -0.2) is 14.4 Å². The van der Waals surface area contributed by atoms with Crippen molar-refractivity contribution in [3.8, 4) is 0 Å². The number of aliphatic hydroxyl groups is 1. The highest BCUT2D eigenvalue weighted by Crippen LogP contribution is 2.11. The van der Waals surface area contributed by atoms with E-state index in [0.29, 0.717) is 18.1 Å². The van der Waals surface area contributed by atoms with Crippen molar-refractivity contribution in [3.63, 3.8) is 0 Å². The second kappa shape index (κ2) is 5.36. The number of halogens is 1. The van der Waals surface area contributed by atoms with Gasteiger partial charge in [-0.3, -0.25) is 0 Å². The van der Waals surface area contributed by atoms with Crippen molar-refractivity contribution < 1.29 is 9.50 Å². The van der Waals surface area contributed by atoms with Gasteiger partial charge in [-0.1, -0.05) is 6.07 Å². The van der Waals surface area contributed by atoms with Crippen LogP contribution in [0.5, 0.6) is 0 Å². The lowest BCUT2D eigenvalue weighted by atomic mass is 10.1. The number of nitrogens with one attached hydrogen (secondary N) is 1. The van der Waals surface area contributed by atoms with Crippen LogP contribution in [0.3, 0.4) is 0 Å². The zero-order valence-electron chi connectivity index (χ0n) is 9.10. The number of anilines is 1. The number of hydrogen-bond donors (Lipinski definition) is 2. The van der Waals surface area contributed by atoms with E-state index in [-0.39, 0.29) is 6.61 Å². The molecule has 0 bridgehead atoms. The summed E-state index contributed by atoms with van der Waals surface area (Å²) in [7, 11) is 0. The predicted octanol–water partition coefficient (Wildman–Crippen LogP) is 1.72. The van der Waals surface area contributed by atoms with Crippen molar-refractivity contribution in [1.29, 1.82) is 0 Å². The molecule has 17 heavy (non-hydrogen) atoms. The summed E-state index contributed by atoms with van der Waals surface area (Å²) in [6.07, 6.45) is 3.28. The van der Waals surface area contributed by atoms with Crippen LogP contribution in [0, 0.1) is 5.82 Å². The number of nitrogens with zero attached hydrogens (tertiary/aromatic N) is 2. The third-order valence-electron chi connectivity index (χ3n) is 2.30. The second-order valence-electron chi connectivity index (χ2n) is 3.51. The molecule has 2 N–H and O–H groups in total. The van der Waals surface area contributed by atoms with Crippen LogP contribution < -0.4 is 5.32 Å². The minimum atomic E-state index is -0.396.